The van der Waals surface area contributed by atoms with E-state index in [-0.39, 0.29) is 17.7 Å². The van der Waals surface area contributed by atoms with Crippen LogP contribution in [0.5, 0.6) is 5.75 Å². The predicted molar refractivity (Wildman–Crippen MR) is 121 cm³/mol. The first-order valence-corrected chi connectivity index (χ1v) is 12.2. The molecule has 0 aliphatic heterocycles. The predicted octanol–water partition coefficient (Wildman–Crippen LogP) is 7.65. The molecular formula is C27H39FO2. The largest absolute Gasteiger partial charge is 0.426 e. The fraction of sp³-hybridized carbons (Fsp3) is 0.667. The summed E-state index contributed by atoms with van der Waals surface area (Å²) in [6.45, 7) is 5.99. The molecule has 1 aromatic carbocycles. The Morgan fingerprint density at radius 1 is 1.07 bits per heavy atom. The Balaban J connectivity index is 1.43. The molecule has 2 aliphatic rings. The molecule has 0 bridgehead atoms. The van der Waals surface area contributed by atoms with Crippen LogP contribution in [-0.2, 0) is 11.2 Å². The van der Waals surface area contributed by atoms with Gasteiger partial charge in [-0.15, -0.1) is 6.58 Å². The van der Waals surface area contributed by atoms with Gasteiger partial charge in [0.1, 0.15) is 11.6 Å². The number of benzene rings is 1. The smallest absolute Gasteiger partial charge is 0.314 e. The Labute approximate surface area is 182 Å². The molecule has 0 amide bonds. The van der Waals surface area contributed by atoms with Crippen LogP contribution in [-0.4, -0.2) is 5.97 Å². The van der Waals surface area contributed by atoms with Crippen LogP contribution in [0.3, 0.4) is 0 Å². The summed E-state index contributed by atoms with van der Waals surface area (Å²) in [7, 11) is 0. The van der Waals surface area contributed by atoms with Gasteiger partial charge in [-0.1, -0.05) is 51.5 Å². The maximum atomic E-state index is 13.5. The molecule has 2 nitrogen and oxygen atoms in total. The molecule has 0 spiro atoms. The second kappa shape index (κ2) is 11.7. The molecular weight excluding hydrogens is 375 g/mol. The number of esters is 1. The zero-order valence-corrected chi connectivity index (χ0v) is 18.7. The maximum absolute atomic E-state index is 13.5. The lowest BCUT2D eigenvalue weighted by atomic mass is 9.68. The van der Waals surface area contributed by atoms with Gasteiger partial charge in [0.2, 0.25) is 0 Å². The Hall–Kier alpha value is -1.64. The van der Waals surface area contributed by atoms with Crippen LogP contribution >= 0.6 is 0 Å². The fourth-order valence-corrected chi connectivity index (χ4v) is 5.61. The van der Waals surface area contributed by atoms with Gasteiger partial charge < -0.3 is 4.74 Å². The summed E-state index contributed by atoms with van der Waals surface area (Å²) in [5, 5.41) is 0. The van der Waals surface area contributed by atoms with Gasteiger partial charge in [0.25, 0.3) is 0 Å². The number of carbonyl (C=O) groups excluding carboxylic acids is 1. The summed E-state index contributed by atoms with van der Waals surface area (Å²) in [4.78, 5) is 12.7. The highest BCUT2D eigenvalue weighted by Crippen LogP contribution is 2.42. The lowest BCUT2D eigenvalue weighted by molar-refractivity contribution is -0.140. The first-order chi connectivity index (χ1) is 14.6. The molecule has 0 unspecified atom stereocenters. The molecule has 2 fully saturated rings. The van der Waals surface area contributed by atoms with Gasteiger partial charge in [-0.3, -0.25) is 4.79 Å². The third kappa shape index (κ3) is 6.43. The van der Waals surface area contributed by atoms with Gasteiger partial charge in [-0.25, -0.2) is 4.39 Å². The Kier molecular flexibility index (Phi) is 8.96. The van der Waals surface area contributed by atoms with Gasteiger partial charge in [0.15, 0.2) is 0 Å². The minimum atomic E-state index is -0.313. The molecule has 0 radical (unpaired) electrons. The molecule has 2 saturated carbocycles. The van der Waals surface area contributed by atoms with Crippen LogP contribution in [0, 0.1) is 29.5 Å². The number of allylic oxidation sites excluding steroid dienone is 1. The van der Waals surface area contributed by atoms with Crippen LogP contribution in [0.1, 0.15) is 89.5 Å². The number of rotatable bonds is 9. The first kappa shape index (κ1) is 23.0. The van der Waals surface area contributed by atoms with Crippen molar-refractivity contribution in [3.8, 4) is 5.75 Å². The van der Waals surface area contributed by atoms with Crippen molar-refractivity contribution in [2.45, 2.75) is 90.4 Å². The highest BCUT2D eigenvalue weighted by molar-refractivity contribution is 5.75. The Bertz CT molecular complexity index is 682. The molecule has 166 valence electrons. The quantitative estimate of drug-likeness (QED) is 0.179. The van der Waals surface area contributed by atoms with E-state index in [2.05, 4.69) is 13.5 Å². The van der Waals surface area contributed by atoms with Crippen molar-refractivity contribution >= 4 is 5.97 Å². The van der Waals surface area contributed by atoms with Crippen molar-refractivity contribution in [1.29, 1.82) is 0 Å². The molecule has 0 N–H and O–H groups in total. The van der Waals surface area contributed by atoms with E-state index in [0.717, 1.165) is 43.4 Å². The third-order valence-corrected chi connectivity index (χ3v) is 7.48. The molecule has 2 aliphatic carbocycles. The van der Waals surface area contributed by atoms with E-state index in [4.69, 9.17) is 4.74 Å². The van der Waals surface area contributed by atoms with Crippen molar-refractivity contribution in [3.05, 3.63) is 42.2 Å². The lowest BCUT2D eigenvalue weighted by Gasteiger charge is -2.37. The lowest BCUT2D eigenvalue weighted by Crippen LogP contribution is -2.30. The summed E-state index contributed by atoms with van der Waals surface area (Å²) < 4.78 is 19.2. The third-order valence-electron chi connectivity index (χ3n) is 7.48. The van der Waals surface area contributed by atoms with E-state index in [1.807, 2.05) is 0 Å². The summed E-state index contributed by atoms with van der Waals surface area (Å²) >= 11 is 0. The van der Waals surface area contributed by atoms with Crippen molar-refractivity contribution < 1.29 is 13.9 Å². The van der Waals surface area contributed by atoms with Crippen molar-refractivity contribution in [2.75, 3.05) is 0 Å². The molecule has 1 aromatic rings. The molecule has 0 aromatic heterocycles. The zero-order chi connectivity index (χ0) is 21.3. The summed E-state index contributed by atoms with van der Waals surface area (Å²) in [6.07, 6.45) is 17.5. The number of halogens is 1. The number of unbranched alkanes of at least 4 members (excludes halogenated alkanes) is 2. The van der Waals surface area contributed by atoms with Crippen molar-refractivity contribution in [1.82, 2.24) is 0 Å². The SMILES string of the molecule is C=CCc1cc(F)ccc1OC(=O)C1CCC(C2CCC(CCCCC)CC2)CC1. The van der Waals surface area contributed by atoms with Crippen LogP contribution in [0.4, 0.5) is 4.39 Å². The highest BCUT2D eigenvalue weighted by atomic mass is 19.1. The molecule has 3 heteroatoms. The van der Waals surface area contributed by atoms with Crippen LogP contribution in [0.15, 0.2) is 30.9 Å². The second-order valence-electron chi connectivity index (χ2n) is 9.55. The van der Waals surface area contributed by atoms with Crippen molar-refractivity contribution in [3.63, 3.8) is 0 Å². The molecule has 0 atom stereocenters. The second-order valence-corrected chi connectivity index (χ2v) is 9.55. The maximum Gasteiger partial charge on any atom is 0.314 e. The zero-order valence-electron chi connectivity index (χ0n) is 18.7. The summed E-state index contributed by atoms with van der Waals surface area (Å²) in [5.41, 5.74) is 0.683. The van der Waals surface area contributed by atoms with Gasteiger partial charge >= 0.3 is 5.97 Å². The first-order valence-electron chi connectivity index (χ1n) is 12.2. The molecule has 0 saturated heterocycles. The van der Waals surface area contributed by atoms with Crippen LogP contribution < -0.4 is 4.74 Å². The summed E-state index contributed by atoms with van der Waals surface area (Å²) in [6, 6.07) is 4.35. The van der Waals surface area contributed by atoms with E-state index in [1.165, 1.54) is 63.5 Å². The normalized spacial score (nSPS) is 26.9. The molecule has 3 rings (SSSR count). The number of ether oxygens (including phenoxy) is 1. The van der Waals surface area contributed by atoms with Gasteiger partial charge in [-0.2, -0.15) is 0 Å². The van der Waals surface area contributed by atoms with Gasteiger partial charge in [0.05, 0.1) is 5.92 Å². The minimum Gasteiger partial charge on any atom is -0.426 e. The van der Waals surface area contributed by atoms with E-state index in [1.54, 1.807) is 12.1 Å². The standard InChI is InChI=1S/C27H39FO2/c1-3-5-6-8-20-9-11-21(12-10-20)22-13-15-23(16-14-22)27(29)30-26-18-17-25(28)19-24(26)7-4-2/h4,17-23H,2-3,5-16H2,1H3. The topological polar surface area (TPSA) is 26.3 Å². The Morgan fingerprint density at radius 3 is 2.37 bits per heavy atom. The van der Waals surface area contributed by atoms with Crippen LogP contribution in [0.2, 0.25) is 0 Å². The monoisotopic (exact) mass is 414 g/mol. The van der Waals surface area contributed by atoms with Crippen molar-refractivity contribution in [2.24, 2.45) is 23.7 Å². The fourth-order valence-electron chi connectivity index (χ4n) is 5.61. The average Bonchev–Trinajstić information content (AvgIpc) is 2.76. The summed E-state index contributed by atoms with van der Waals surface area (Å²) in [5.74, 6) is 2.60. The van der Waals surface area contributed by atoms with E-state index in [0.29, 0.717) is 17.7 Å². The number of hydrogen-bond acceptors (Lipinski definition) is 2. The van der Waals surface area contributed by atoms with Crippen LogP contribution in [0.25, 0.3) is 0 Å². The van der Waals surface area contributed by atoms with E-state index < -0.39 is 0 Å². The minimum absolute atomic E-state index is 0.0201. The molecule has 30 heavy (non-hydrogen) atoms. The molecule has 0 heterocycles. The van der Waals surface area contributed by atoms with Gasteiger partial charge in [0, 0.05) is 5.56 Å². The number of carbonyl (C=O) groups is 1. The number of hydrogen-bond donors (Lipinski definition) is 0. The van der Waals surface area contributed by atoms with Gasteiger partial charge in [-0.05, 0) is 80.9 Å². The van der Waals surface area contributed by atoms with E-state index >= 15 is 0 Å². The highest BCUT2D eigenvalue weighted by Gasteiger charge is 2.33. The average molecular weight is 415 g/mol. The Morgan fingerprint density at radius 2 is 1.73 bits per heavy atom. The van der Waals surface area contributed by atoms with E-state index in [9.17, 15) is 9.18 Å².